The van der Waals surface area contributed by atoms with Gasteiger partial charge in [-0.25, -0.2) is 17.6 Å². The topological polar surface area (TPSA) is 0 Å². The van der Waals surface area contributed by atoms with Gasteiger partial charge in [0.05, 0.1) is 0 Å². The summed E-state index contributed by atoms with van der Waals surface area (Å²) < 4.78 is 164. The van der Waals surface area contributed by atoms with Crippen LogP contribution in [0.3, 0.4) is 0 Å². The van der Waals surface area contributed by atoms with Crippen LogP contribution < -0.4 is 0 Å². The average Bonchev–Trinajstić information content (AvgIpc) is 2.33. The van der Waals surface area contributed by atoms with Gasteiger partial charge in [-0.15, -0.1) is 0 Å². The van der Waals surface area contributed by atoms with Crippen LogP contribution in [0.25, 0.3) is 0 Å². The largest absolute Gasteiger partial charge is 0.460 e. The SMILES string of the molecule is Fc1cc(F)c(C(F)(F)C(F)(F)C(F)(F)C(F)(F)F)c(F)c1F. The molecule has 0 aliphatic heterocycles. The van der Waals surface area contributed by atoms with Crippen LogP contribution in [0.2, 0.25) is 0 Å². The van der Waals surface area contributed by atoms with Crippen LogP contribution in [0.15, 0.2) is 6.07 Å². The van der Waals surface area contributed by atoms with Crippen molar-refractivity contribution in [2.45, 2.75) is 23.9 Å². The maximum atomic E-state index is 13.3. The van der Waals surface area contributed by atoms with Crippen LogP contribution in [0.4, 0.5) is 57.1 Å². The first kappa shape index (κ1) is 19.4. The van der Waals surface area contributed by atoms with E-state index < -0.39 is 58.8 Å². The summed E-state index contributed by atoms with van der Waals surface area (Å²) in [6.07, 6.45) is -7.23. The van der Waals surface area contributed by atoms with Crippen molar-refractivity contribution in [3.05, 3.63) is 34.9 Å². The molecule has 132 valence electrons. The Morgan fingerprint density at radius 3 is 1.39 bits per heavy atom. The molecule has 0 unspecified atom stereocenters. The zero-order chi connectivity index (χ0) is 18.6. The summed E-state index contributed by atoms with van der Waals surface area (Å²) in [4.78, 5) is 0. The Labute approximate surface area is 117 Å². The summed E-state index contributed by atoms with van der Waals surface area (Å²) in [7, 11) is 0. The molecule has 0 nitrogen and oxygen atoms in total. The first-order chi connectivity index (χ1) is 10.00. The lowest BCUT2D eigenvalue weighted by Crippen LogP contribution is -2.60. The van der Waals surface area contributed by atoms with Crippen molar-refractivity contribution >= 4 is 0 Å². The minimum atomic E-state index is -7.44. The molecule has 0 saturated carbocycles. The van der Waals surface area contributed by atoms with Crippen molar-refractivity contribution in [2.75, 3.05) is 0 Å². The van der Waals surface area contributed by atoms with Gasteiger partial charge in [-0.05, 0) is 0 Å². The maximum absolute atomic E-state index is 13.3. The third-order valence-electron chi connectivity index (χ3n) is 2.57. The van der Waals surface area contributed by atoms with Crippen LogP contribution in [0.1, 0.15) is 5.56 Å². The minimum absolute atomic E-state index is 0.913. The van der Waals surface area contributed by atoms with Crippen LogP contribution in [0, 0.1) is 23.3 Å². The van der Waals surface area contributed by atoms with Crippen LogP contribution in [-0.2, 0) is 5.92 Å². The molecule has 23 heavy (non-hydrogen) atoms. The molecule has 0 radical (unpaired) electrons. The second-order valence-electron chi connectivity index (χ2n) is 4.06. The van der Waals surface area contributed by atoms with E-state index in [-0.39, 0.29) is 0 Å². The molecule has 0 aromatic heterocycles. The molecule has 0 fully saturated rings. The van der Waals surface area contributed by atoms with E-state index in [1.807, 2.05) is 0 Å². The molecule has 0 aliphatic carbocycles. The van der Waals surface area contributed by atoms with E-state index in [0.29, 0.717) is 0 Å². The maximum Gasteiger partial charge on any atom is 0.460 e. The van der Waals surface area contributed by atoms with Gasteiger partial charge in [-0.2, -0.15) is 39.5 Å². The molecule has 13 heteroatoms. The second kappa shape index (κ2) is 5.16. The van der Waals surface area contributed by atoms with E-state index >= 15 is 0 Å². The molecule has 0 bridgehead atoms. The molecule has 1 aromatic carbocycles. The third-order valence-corrected chi connectivity index (χ3v) is 2.57. The number of rotatable bonds is 3. The van der Waals surface area contributed by atoms with Gasteiger partial charge in [0, 0.05) is 6.07 Å². The number of alkyl halides is 9. The van der Waals surface area contributed by atoms with Crippen LogP contribution >= 0.6 is 0 Å². The van der Waals surface area contributed by atoms with Crippen molar-refractivity contribution in [3.63, 3.8) is 0 Å². The van der Waals surface area contributed by atoms with Crippen molar-refractivity contribution in [1.29, 1.82) is 0 Å². The lowest BCUT2D eigenvalue weighted by molar-refractivity contribution is -0.400. The molecule has 1 rings (SSSR count). The lowest BCUT2D eigenvalue weighted by atomic mass is 9.95. The van der Waals surface area contributed by atoms with Crippen molar-refractivity contribution in [2.24, 2.45) is 0 Å². The normalized spacial score (nSPS) is 14.3. The molecule has 0 aliphatic rings. The fourth-order valence-electron chi connectivity index (χ4n) is 1.39. The Morgan fingerprint density at radius 1 is 0.565 bits per heavy atom. The van der Waals surface area contributed by atoms with Gasteiger partial charge in [0.2, 0.25) is 0 Å². The Bertz CT molecular complexity index is 612. The molecule has 0 amide bonds. The van der Waals surface area contributed by atoms with Gasteiger partial charge in [0.1, 0.15) is 11.4 Å². The third kappa shape index (κ3) is 2.59. The summed E-state index contributed by atoms with van der Waals surface area (Å²) in [6.45, 7) is 0. The first-order valence-corrected chi connectivity index (χ1v) is 5.03. The monoisotopic (exact) mass is 368 g/mol. The number of hydrogen-bond donors (Lipinski definition) is 0. The predicted molar refractivity (Wildman–Crippen MR) is 46.1 cm³/mol. The lowest BCUT2D eigenvalue weighted by Gasteiger charge is -2.34. The van der Waals surface area contributed by atoms with E-state index in [0.717, 1.165) is 0 Å². The van der Waals surface area contributed by atoms with E-state index in [1.54, 1.807) is 0 Å². The zero-order valence-electron chi connectivity index (χ0n) is 9.99. The van der Waals surface area contributed by atoms with E-state index in [1.165, 1.54) is 0 Å². The predicted octanol–water partition coefficient (Wildman–Crippen LogP) is 5.17. The van der Waals surface area contributed by atoms with Crippen LogP contribution in [-0.4, -0.2) is 18.0 Å². The average molecular weight is 368 g/mol. The highest BCUT2D eigenvalue weighted by atomic mass is 19.4. The summed E-state index contributed by atoms with van der Waals surface area (Å²) in [6, 6.07) is -0.913. The van der Waals surface area contributed by atoms with E-state index in [9.17, 15) is 57.1 Å². The molecular formula is C10HF13. The number of halogens is 13. The smallest absolute Gasteiger partial charge is 0.206 e. The molecule has 0 atom stereocenters. The van der Waals surface area contributed by atoms with Gasteiger partial charge < -0.3 is 0 Å². The minimum Gasteiger partial charge on any atom is -0.206 e. The fourth-order valence-corrected chi connectivity index (χ4v) is 1.39. The van der Waals surface area contributed by atoms with E-state index in [2.05, 4.69) is 0 Å². The summed E-state index contributed by atoms with van der Waals surface area (Å²) in [5.41, 5.74) is -3.47. The van der Waals surface area contributed by atoms with Crippen molar-refractivity contribution in [3.8, 4) is 0 Å². The standard InChI is InChI=1S/C10HF13/c11-2-1-3(12)5(13)6(14)4(2)7(15,16)8(17,18)9(19,20)10(21,22)23/h1H. The highest BCUT2D eigenvalue weighted by molar-refractivity contribution is 5.29. The molecule has 0 spiro atoms. The Kier molecular flexibility index (Phi) is 4.34. The fraction of sp³-hybridized carbons (Fsp3) is 0.400. The zero-order valence-corrected chi connectivity index (χ0v) is 9.99. The summed E-state index contributed by atoms with van der Waals surface area (Å²) in [5.74, 6) is -33.5. The van der Waals surface area contributed by atoms with Gasteiger partial charge in [-0.1, -0.05) is 0 Å². The quantitative estimate of drug-likeness (QED) is 0.393. The molecule has 0 saturated heterocycles. The van der Waals surface area contributed by atoms with Gasteiger partial charge in [0.25, 0.3) is 0 Å². The Morgan fingerprint density at radius 2 is 1.00 bits per heavy atom. The molecule has 1 aromatic rings. The van der Waals surface area contributed by atoms with Gasteiger partial charge >= 0.3 is 23.9 Å². The molecule has 0 heterocycles. The second-order valence-corrected chi connectivity index (χ2v) is 4.06. The Hall–Kier alpha value is -1.69. The van der Waals surface area contributed by atoms with Crippen molar-refractivity contribution in [1.82, 2.24) is 0 Å². The Balaban J connectivity index is 3.69. The van der Waals surface area contributed by atoms with Crippen molar-refractivity contribution < 1.29 is 57.1 Å². The highest BCUT2D eigenvalue weighted by Crippen LogP contribution is 2.57. The van der Waals surface area contributed by atoms with E-state index in [4.69, 9.17) is 0 Å². The summed E-state index contributed by atoms with van der Waals surface area (Å²) >= 11 is 0. The number of benzene rings is 1. The molecular weight excluding hydrogens is 367 g/mol. The van der Waals surface area contributed by atoms with Gasteiger partial charge in [-0.3, -0.25) is 0 Å². The highest BCUT2D eigenvalue weighted by Gasteiger charge is 2.82. The number of hydrogen-bond acceptors (Lipinski definition) is 0. The van der Waals surface area contributed by atoms with Gasteiger partial charge in [0.15, 0.2) is 17.5 Å². The molecule has 0 N–H and O–H groups in total. The van der Waals surface area contributed by atoms with Crippen LogP contribution in [0.5, 0.6) is 0 Å². The first-order valence-electron chi connectivity index (χ1n) is 5.03. The summed E-state index contributed by atoms with van der Waals surface area (Å²) in [5, 5.41) is 0.